The molecule has 21 heavy (non-hydrogen) atoms. The Morgan fingerprint density at radius 2 is 2.05 bits per heavy atom. The van der Waals surface area contributed by atoms with Crippen LogP contribution in [0.25, 0.3) is 0 Å². The van der Waals surface area contributed by atoms with Gasteiger partial charge < -0.3 is 10.0 Å². The number of carboxylic acids is 1. The maximum absolute atomic E-state index is 13.0. The van der Waals surface area contributed by atoms with Crippen molar-refractivity contribution in [1.29, 1.82) is 0 Å². The number of carboxylic acid groups (broad SMARTS) is 1. The molecule has 0 aromatic heterocycles. The average molecular weight is 313 g/mol. The average Bonchev–Trinajstić information content (AvgIpc) is 2.41. The summed E-state index contributed by atoms with van der Waals surface area (Å²) in [5.41, 5.74) is 0. The number of terminal acetylenes is 1. The van der Waals surface area contributed by atoms with Crippen molar-refractivity contribution in [3.05, 3.63) is 29.8 Å². The zero-order valence-electron chi connectivity index (χ0n) is 11.0. The van der Waals surface area contributed by atoms with E-state index < -0.39 is 30.1 Å². The zero-order valence-corrected chi connectivity index (χ0v) is 11.8. The summed E-state index contributed by atoms with van der Waals surface area (Å²) >= 11 is 1.17. The lowest BCUT2D eigenvalue weighted by atomic mass is 10.3. The molecule has 0 saturated heterocycles. The maximum Gasteiger partial charge on any atom is 0.323 e. The summed E-state index contributed by atoms with van der Waals surface area (Å²) in [6.45, 7) is -0.542. The second-order valence-electron chi connectivity index (χ2n) is 4.02. The van der Waals surface area contributed by atoms with Gasteiger partial charge in [-0.1, -0.05) is 5.92 Å². The van der Waals surface area contributed by atoms with Crippen molar-refractivity contribution in [1.82, 2.24) is 4.90 Å². The van der Waals surface area contributed by atoms with Crippen LogP contribution >= 0.6 is 11.8 Å². The number of rotatable bonds is 7. The van der Waals surface area contributed by atoms with E-state index in [9.17, 15) is 18.4 Å². The summed E-state index contributed by atoms with van der Waals surface area (Å²) in [4.78, 5) is 23.9. The first-order valence-electron chi connectivity index (χ1n) is 5.95. The monoisotopic (exact) mass is 313 g/mol. The third-order valence-electron chi connectivity index (χ3n) is 2.44. The first-order chi connectivity index (χ1) is 9.93. The van der Waals surface area contributed by atoms with Gasteiger partial charge in [-0.05, 0) is 18.2 Å². The number of benzene rings is 1. The van der Waals surface area contributed by atoms with Gasteiger partial charge in [-0.3, -0.25) is 9.59 Å². The highest BCUT2D eigenvalue weighted by molar-refractivity contribution is 7.99. The van der Waals surface area contributed by atoms with E-state index in [1.54, 1.807) is 0 Å². The summed E-state index contributed by atoms with van der Waals surface area (Å²) < 4.78 is 25.7. The van der Waals surface area contributed by atoms with Crippen LogP contribution in [0.4, 0.5) is 8.78 Å². The molecular formula is C14H13F2NO3S. The molecule has 0 aliphatic rings. The van der Waals surface area contributed by atoms with Crippen molar-refractivity contribution < 1.29 is 23.5 Å². The Balaban J connectivity index is 2.49. The quantitative estimate of drug-likeness (QED) is 0.618. The molecule has 0 heterocycles. The summed E-state index contributed by atoms with van der Waals surface area (Å²) in [5.74, 6) is -0.900. The van der Waals surface area contributed by atoms with E-state index in [4.69, 9.17) is 11.5 Å². The number of nitrogens with zero attached hydrogens (tertiary/aromatic N) is 1. The molecule has 0 unspecified atom stereocenters. The number of hydrogen-bond donors (Lipinski definition) is 1. The van der Waals surface area contributed by atoms with E-state index >= 15 is 0 Å². The number of carbonyl (C=O) groups excluding carboxylic acids is 1. The van der Waals surface area contributed by atoms with Crippen LogP contribution in [-0.4, -0.2) is 40.7 Å². The van der Waals surface area contributed by atoms with E-state index in [0.29, 0.717) is 10.6 Å². The Morgan fingerprint density at radius 3 is 2.62 bits per heavy atom. The number of hydrogen-bond acceptors (Lipinski definition) is 3. The minimum absolute atomic E-state index is 0.0542. The topological polar surface area (TPSA) is 57.6 Å². The van der Waals surface area contributed by atoms with Crippen molar-refractivity contribution in [2.45, 2.75) is 11.3 Å². The number of aliphatic carboxylic acids is 1. The summed E-state index contributed by atoms with van der Waals surface area (Å²) in [6, 6.07) is 3.46. The molecule has 0 atom stereocenters. The highest BCUT2D eigenvalue weighted by Gasteiger charge is 2.15. The minimum atomic E-state index is -1.15. The Labute approximate surface area is 125 Å². The van der Waals surface area contributed by atoms with E-state index in [-0.39, 0.29) is 13.0 Å². The van der Waals surface area contributed by atoms with Gasteiger partial charge in [0, 0.05) is 17.1 Å². The molecule has 0 aliphatic carbocycles. The van der Waals surface area contributed by atoms with Gasteiger partial charge in [0.15, 0.2) is 11.6 Å². The van der Waals surface area contributed by atoms with Crippen molar-refractivity contribution in [2.24, 2.45) is 0 Å². The molecule has 0 bridgehead atoms. The van der Waals surface area contributed by atoms with Gasteiger partial charge in [0.2, 0.25) is 5.91 Å². The Hall–Kier alpha value is -2.07. The summed E-state index contributed by atoms with van der Waals surface area (Å²) in [7, 11) is 0. The fraction of sp³-hybridized carbons (Fsp3) is 0.286. The van der Waals surface area contributed by atoms with E-state index in [1.807, 2.05) is 0 Å². The second-order valence-corrected chi connectivity index (χ2v) is 5.19. The van der Waals surface area contributed by atoms with Crippen LogP contribution in [0.2, 0.25) is 0 Å². The van der Waals surface area contributed by atoms with Crippen molar-refractivity contribution in [3.8, 4) is 12.3 Å². The molecule has 1 amide bonds. The van der Waals surface area contributed by atoms with Crippen LogP contribution in [0.5, 0.6) is 0 Å². The molecule has 0 radical (unpaired) electrons. The molecule has 4 nitrogen and oxygen atoms in total. The van der Waals surface area contributed by atoms with Gasteiger partial charge in [-0.2, -0.15) is 0 Å². The molecule has 0 saturated carbocycles. The Bertz CT molecular complexity index is 572. The van der Waals surface area contributed by atoms with E-state index in [2.05, 4.69) is 5.92 Å². The highest BCUT2D eigenvalue weighted by Crippen LogP contribution is 2.21. The smallest absolute Gasteiger partial charge is 0.323 e. The fourth-order valence-corrected chi connectivity index (χ4v) is 2.35. The number of carbonyl (C=O) groups is 2. The summed E-state index contributed by atoms with van der Waals surface area (Å²) in [6.07, 6.45) is 5.13. The van der Waals surface area contributed by atoms with E-state index in [1.165, 1.54) is 17.8 Å². The van der Waals surface area contributed by atoms with Crippen LogP contribution in [0.15, 0.2) is 23.1 Å². The van der Waals surface area contributed by atoms with Gasteiger partial charge in [-0.25, -0.2) is 8.78 Å². The molecule has 7 heteroatoms. The highest BCUT2D eigenvalue weighted by atomic mass is 32.2. The first-order valence-corrected chi connectivity index (χ1v) is 6.93. The molecule has 1 N–H and O–H groups in total. The van der Waals surface area contributed by atoms with Crippen LogP contribution in [0.3, 0.4) is 0 Å². The third-order valence-corrected chi connectivity index (χ3v) is 3.43. The largest absolute Gasteiger partial charge is 0.480 e. The predicted octanol–water partition coefficient (Wildman–Crippen LogP) is 1.99. The lowest BCUT2D eigenvalue weighted by Crippen LogP contribution is -2.36. The lowest BCUT2D eigenvalue weighted by Gasteiger charge is -2.17. The van der Waals surface area contributed by atoms with Gasteiger partial charge in [0.25, 0.3) is 0 Å². The molecule has 1 rings (SSSR count). The van der Waals surface area contributed by atoms with Crippen molar-refractivity contribution in [3.63, 3.8) is 0 Å². The van der Waals surface area contributed by atoms with Gasteiger partial charge >= 0.3 is 5.97 Å². The second kappa shape index (κ2) is 8.27. The standard InChI is InChI=1S/C14H13F2NO3S/c1-2-6-17(9-14(19)20)13(18)5-7-21-10-3-4-11(15)12(16)8-10/h1,3-4,8H,5-7,9H2,(H,19,20). The minimum Gasteiger partial charge on any atom is -0.480 e. The normalized spacial score (nSPS) is 9.95. The number of thioether (sulfide) groups is 1. The van der Waals surface area contributed by atoms with Gasteiger partial charge in [-0.15, -0.1) is 18.2 Å². The van der Waals surface area contributed by atoms with Gasteiger partial charge in [0.1, 0.15) is 6.54 Å². The molecule has 1 aromatic rings. The van der Waals surface area contributed by atoms with Crippen LogP contribution in [0, 0.1) is 24.0 Å². The van der Waals surface area contributed by atoms with Crippen LogP contribution in [0.1, 0.15) is 6.42 Å². The number of halogens is 2. The Morgan fingerprint density at radius 1 is 1.33 bits per heavy atom. The molecule has 0 spiro atoms. The van der Waals surface area contributed by atoms with Crippen LogP contribution in [-0.2, 0) is 9.59 Å². The van der Waals surface area contributed by atoms with Gasteiger partial charge in [0.05, 0.1) is 6.54 Å². The Kier molecular flexibility index (Phi) is 6.69. The van der Waals surface area contributed by atoms with E-state index in [0.717, 1.165) is 17.0 Å². The third kappa shape index (κ3) is 5.83. The first kappa shape index (κ1) is 17.0. The zero-order chi connectivity index (χ0) is 15.8. The molecule has 112 valence electrons. The number of amides is 1. The molecule has 0 aliphatic heterocycles. The summed E-state index contributed by atoms with van der Waals surface area (Å²) in [5, 5.41) is 8.67. The predicted molar refractivity (Wildman–Crippen MR) is 74.7 cm³/mol. The van der Waals surface area contributed by atoms with Crippen LogP contribution < -0.4 is 0 Å². The molecule has 0 fully saturated rings. The van der Waals surface area contributed by atoms with Crippen molar-refractivity contribution >= 4 is 23.6 Å². The fourth-order valence-electron chi connectivity index (χ4n) is 1.49. The lowest BCUT2D eigenvalue weighted by molar-refractivity contribution is -0.143. The maximum atomic E-state index is 13.0. The molecule has 1 aromatic carbocycles. The SMILES string of the molecule is C#CCN(CC(=O)O)C(=O)CCSc1ccc(F)c(F)c1. The molecular weight excluding hydrogens is 300 g/mol. The van der Waals surface area contributed by atoms with Crippen molar-refractivity contribution in [2.75, 3.05) is 18.8 Å².